The number of benzene rings is 1. The lowest BCUT2D eigenvalue weighted by Gasteiger charge is -2.42. The Labute approximate surface area is 141 Å². The zero-order chi connectivity index (χ0) is 17.9. The summed E-state index contributed by atoms with van der Waals surface area (Å²) in [4.78, 5) is 36.0. The van der Waals surface area contributed by atoms with E-state index in [2.05, 4.69) is 6.58 Å². The molecule has 1 aliphatic rings. The Morgan fingerprint density at radius 3 is 2.33 bits per heavy atom. The van der Waals surface area contributed by atoms with Gasteiger partial charge in [0.1, 0.15) is 0 Å². The number of carboxylic acids is 2. The third kappa shape index (κ3) is 3.25. The second-order valence-corrected chi connectivity index (χ2v) is 6.48. The molecule has 0 heterocycles. The normalized spacial score (nSPS) is 17.2. The number of hydrogen-bond donors (Lipinski definition) is 0. The summed E-state index contributed by atoms with van der Waals surface area (Å²) >= 11 is 0. The number of Topliss-reactive ketones (excluding diaryl/α,β-unsaturated/α-hetero) is 1. The third-order valence-corrected chi connectivity index (χ3v) is 4.98. The van der Waals surface area contributed by atoms with Crippen LogP contribution in [-0.4, -0.2) is 17.7 Å². The molecule has 1 aliphatic carbocycles. The van der Waals surface area contributed by atoms with Crippen molar-refractivity contribution >= 4 is 17.7 Å². The summed E-state index contributed by atoms with van der Waals surface area (Å²) in [5.41, 5.74) is -1.28. The summed E-state index contributed by atoms with van der Waals surface area (Å²) in [5.74, 6) is -4.13. The van der Waals surface area contributed by atoms with E-state index >= 15 is 0 Å². The van der Waals surface area contributed by atoms with Gasteiger partial charge in [-0.25, -0.2) is 0 Å². The van der Waals surface area contributed by atoms with Gasteiger partial charge >= 0.3 is 0 Å². The van der Waals surface area contributed by atoms with E-state index in [9.17, 15) is 24.6 Å². The number of ketones is 1. The molecule has 0 spiro atoms. The lowest BCUT2D eigenvalue weighted by atomic mass is 9.65. The molecule has 2 rings (SSSR count). The third-order valence-electron chi connectivity index (χ3n) is 4.98. The monoisotopic (exact) mass is 328 g/mol. The number of rotatable bonds is 7. The van der Waals surface area contributed by atoms with Gasteiger partial charge in [0.05, 0.1) is 11.9 Å². The van der Waals surface area contributed by atoms with E-state index in [0.29, 0.717) is 18.4 Å². The first kappa shape index (κ1) is 17.9. The molecule has 24 heavy (non-hydrogen) atoms. The molecule has 0 saturated heterocycles. The first-order chi connectivity index (χ1) is 11.3. The molecule has 128 valence electrons. The number of carbonyl (C=O) groups is 3. The molecule has 0 bridgehead atoms. The van der Waals surface area contributed by atoms with Crippen LogP contribution in [0.1, 0.15) is 48.0 Å². The summed E-state index contributed by atoms with van der Waals surface area (Å²) < 4.78 is 0. The molecule has 1 atom stereocenters. The molecular weight excluding hydrogens is 308 g/mol. The lowest BCUT2D eigenvalue weighted by molar-refractivity contribution is -0.324. The number of aryl methyl sites for hydroxylation is 1. The molecule has 1 fully saturated rings. The van der Waals surface area contributed by atoms with Gasteiger partial charge in [0.2, 0.25) is 0 Å². The Balaban J connectivity index is 2.45. The van der Waals surface area contributed by atoms with Gasteiger partial charge in [-0.2, -0.15) is 0 Å². The van der Waals surface area contributed by atoms with Crippen LogP contribution in [0, 0.1) is 18.3 Å². The van der Waals surface area contributed by atoms with Crippen LogP contribution in [0.2, 0.25) is 0 Å². The number of carbonyl (C=O) groups excluding carboxylic acids is 3. The Morgan fingerprint density at radius 1 is 1.21 bits per heavy atom. The number of hydrogen-bond acceptors (Lipinski definition) is 5. The van der Waals surface area contributed by atoms with Crippen molar-refractivity contribution in [3.8, 4) is 0 Å². The summed E-state index contributed by atoms with van der Waals surface area (Å²) in [5, 5.41) is 23.3. The maximum absolute atomic E-state index is 12.7. The highest BCUT2D eigenvalue weighted by Crippen LogP contribution is 2.47. The van der Waals surface area contributed by atoms with Crippen LogP contribution in [0.3, 0.4) is 0 Å². The van der Waals surface area contributed by atoms with E-state index in [4.69, 9.17) is 0 Å². The maximum atomic E-state index is 12.7. The molecule has 1 unspecified atom stereocenters. The summed E-state index contributed by atoms with van der Waals surface area (Å²) in [6, 6.07) is 6.76. The highest BCUT2D eigenvalue weighted by Gasteiger charge is 2.45. The standard InChI is InChI=1S/C19H22O5/c1-12-6-5-7-14(10-12)16(20)11-19(18(23)24,13(2)17(21)22)15-8-3-4-9-15/h5-7,10,15H,2-4,8-9,11H2,1H3,(H,21,22)(H,23,24)/p-2. The van der Waals surface area contributed by atoms with Crippen LogP contribution < -0.4 is 10.2 Å². The fraction of sp³-hybridized carbons (Fsp3) is 0.421. The van der Waals surface area contributed by atoms with Crippen LogP contribution >= 0.6 is 0 Å². The van der Waals surface area contributed by atoms with Crippen LogP contribution in [0.25, 0.3) is 0 Å². The van der Waals surface area contributed by atoms with Crippen LogP contribution in [0.5, 0.6) is 0 Å². The smallest absolute Gasteiger partial charge is 0.164 e. The second-order valence-electron chi connectivity index (χ2n) is 6.48. The van der Waals surface area contributed by atoms with Gasteiger partial charge in [-0.1, -0.05) is 43.2 Å². The summed E-state index contributed by atoms with van der Waals surface area (Å²) in [7, 11) is 0. The van der Waals surface area contributed by atoms with Crippen LogP contribution in [-0.2, 0) is 9.59 Å². The Hall–Kier alpha value is -2.43. The topological polar surface area (TPSA) is 97.3 Å². The van der Waals surface area contributed by atoms with Gasteiger partial charge in [0, 0.05) is 17.4 Å². The van der Waals surface area contributed by atoms with Crippen molar-refractivity contribution in [1.82, 2.24) is 0 Å². The van der Waals surface area contributed by atoms with Crippen LogP contribution in [0.15, 0.2) is 36.4 Å². The largest absolute Gasteiger partial charge is 0.549 e. The first-order valence-corrected chi connectivity index (χ1v) is 8.01. The minimum absolute atomic E-state index is 0.352. The predicted octanol–water partition coefficient (Wildman–Crippen LogP) is 0.800. The van der Waals surface area contributed by atoms with Crippen molar-refractivity contribution in [2.45, 2.75) is 39.0 Å². The minimum atomic E-state index is -1.92. The molecule has 1 aromatic carbocycles. The molecule has 0 N–H and O–H groups in total. The molecule has 5 heteroatoms. The van der Waals surface area contributed by atoms with Crippen molar-refractivity contribution in [1.29, 1.82) is 0 Å². The quantitative estimate of drug-likeness (QED) is 0.545. The molecular formula is C19H20O5-2. The van der Waals surface area contributed by atoms with Gasteiger partial charge in [-0.05, 0) is 37.3 Å². The van der Waals surface area contributed by atoms with Gasteiger partial charge < -0.3 is 19.8 Å². The molecule has 0 radical (unpaired) electrons. The average molecular weight is 328 g/mol. The Kier molecular flexibility index (Phi) is 5.22. The van der Waals surface area contributed by atoms with Crippen molar-refractivity contribution < 1.29 is 24.6 Å². The summed E-state index contributed by atoms with van der Waals surface area (Å²) in [6.07, 6.45) is 2.16. The van der Waals surface area contributed by atoms with E-state index in [1.54, 1.807) is 18.2 Å². The van der Waals surface area contributed by atoms with Crippen molar-refractivity contribution in [2.24, 2.45) is 11.3 Å². The van der Waals surface area contributed by atoms with Gasteiger partial charge in [0.15, 0.2) is 5.78 Å². The zero-order valence-electron chi connectivity index (χ0n) is 13.7. The first-order valence-electron chi connectivity index (χ1n) is 8.01. The molecule has 1 aromatic rings. The predicted molar refractivity (Wildman–Crippen MR) is 83.7 cm³/mol. The van der Waals surface area contributed by atoms with Gasteiger partial charge in [0.25, 0.3) is 0 Å². The van der Waals surface area contributed by atoms with E-state index in [1.807, 2.05) is 13.0 Å². The Morgan fingerprint density at radius 2 is 1.83 bits per heavy atom. The van der Waals surface area contributed by atoms with Crippen molar-refractivity contribution in [2.75, 3.05) is 0 Å². The van der Waals surface area contributed by atoms with Gasteiger partial charge in [-0.15, -0.1) is 0 Å². The molecule has 0 aromatic heterocycles. The SMILES string of the molecule is C=C(C(=O)[O-])C(CC(=O)c1cccc(C)c1)(C(=O)[O-])C1CCCC1. The number of aliphatic carboxylic acids is 2. The van der Waals surface area contributed by atoms with E-state index in [0.717, 1.165) is 18.4 Å². The van der Waals surface area contributed by atoms with E-state index in [-0.39, 0.29) is 0 Å². The minimum Gasteiger partial charge on any atom is -0.549 e. The van der Waals surface area contributed by atoms with Crippen molar-refractivity contribution in [3.63, 3.8) is 0 Å². The second kappa shape index (κ2) is 6.99. The van der Waals surface area contributed by atoms with Crippen LogP contribution in [0.4, 0.5) is 0 Å². The fourth-order valence-corrected chi connectivity index (χ4v) is 3.63. The average Bonchev–Trinajstić information content (AvgIpc) is 3.06. The van der Waals surface area contributed by atoms with Gasteiger partial charge in [-0.3, -0.25) is 4.79 Å². The maximum Gasteiger partial charge on any atom is 0.164 e. The highest BCUT2D eigenvalue weighted by atomic mass is 16.4. The zero-order valence-corrected chi connectivity index (χ0v) is 13.7. The molecule has 0 amide bonds. The molecule has 5 nitrogen and oxygen atoms in total. The van der Waals surface area contributed by atoms with E-state index < -0.39 is 41.0 Å². The Bertz CT molecular complexity index is 685. The lowest BCUT2D eigenvalue weighted by Crippen LogP contribution is -2.52. The molecule has 1 saturated carbocycles. The number of carboxylic acid groups (broad SMARTS) is 2. The highest BCUT2D eigenvalue weighted by molar-refractivity contribution is 6.03. The molecule has 0 aliphatic heterocycles. The van der Waals surface area contributed by atoms with Crippen molar-refractivity contribution in [3.05, 3.63) is 47.5 Å². The van der Waals surface area contributed by atoms with E-state index in [1.165, 1.54) is 0 Å². The summed E-state index contributed by atoms with van der Waals surface area (Å²) in [6.45, 7) is 5.24. The fourth-order valence-electron chi connectivity index (χ4n) is 3.63.